The summed E-state index contributed by atoms with van der Waals surface area (Å²) >= 11 is 2.15. The monoisotopic (exact) mass is 2100 g/mol. The molecular formula is C92H170ClIN6Na2O27Pd. The summed E-state index contributed by atoms with van der Waals surface area (Å²) < 4.78 is 92.8. The molecule has 130 heavy (non-hydrogen) atoms. The summed E-state index contributed by atoms with van der Waals surface area (Å²) in [6.45, 7) is 64.4. The summed E-state index contributed by atoms with van der Waals surface area (Å²) in [4.78, 5) is 79.6. The number of carbonyl (C=O) groups excluding carboxylic acids is 5. The van der Waals surface area contributed by atoms with Crippen LogP contribution in [0.4, 0.5) is 5.95 Å². The molecule has 0 bridgehead atoms. The van der Waals surface area contributed by atoms with Crippen LogP contribution >= 0.6 is 35.0 Å². The molecule has 5 saturated heterocycles. The van der Waals surface area contributed by atoms with Crippen LogP contribution in [0.5, 0.6) is 0 Å². The summed E-state index contributed by atoms with van der Waals surface area (Å²) in [5.74, 6) is -3.43. The quantitative estimate of drug-likeness (QED) is 0.00746. The second kappa shape index (κ2) is 53.8. The fourth-order valence-corrected chi connectivity index (χ4v) is 19.7. The minimum Gasteiger partial charge on any atom is -1.00 e. The molecule has 5 aliphatic carbocycles. The molecular weight excluding hydrogens is 1940 g/mol. The van der Waals surface area contributed by atoms with Gasteiger partial charge < -0.3 is 121 Å². The molecule has 5 aliphatic heterocycles. The number of hydrogen-bond donors (Lipinski definition) is 7. The van der Waals surface area contributed by atoms with Crippen molar-refractivity contribution in [1.29, 1.82) is 5.41 Å². The molecule has 20 atom stereocenters. The second-order valence-electron chi connectivity index (χ2n) is 40.8. The number of nitrogens with zero attached hydrogens (tertiary/aromatic N) is 1. The number of anilines is 1. The Hall–Kier alpha value is -2.50. The van der Waals surface area contributed by atoms with Crippen LogP contribution < -0.4 is 87.0 Å². The van der Waals surface area contributed by atoms with Crippen LogP contribution in [0.3, 0.4) is 0 Å². The number of aliphatic hydroxyl groups is 2. The number of aliphatic hydroxyl groups excluding tert-OH is 2. The van der Waals surface area contributed by atoms with Crippen LogP contribution in [0, 0.1) is 58.7 Å². The molecule has 0 aromatic carbocycles. The molecule has 756 valence electrons. The van der Waals surface area contributed by atoms with Crippen LogP contribution in [-0.4, -0.2) is 209 Å². The maximum absolute atomic E-state index is 12.8. The first-order valence-corrected chi connectivity index (χ1v) is 46.2. The van der Waals surface area contributed by atoms with Crippen LogP contribution in [0.1, 0.15) is 313 Å². The van der Waals surface area contributed by atoms with Crippen molar-refractivity contribution in [3.8, 4) is 0 Å². The molecule has 10 fully saturated rings. The molecule has 14 N–H and O–H groups in total. The number of nitrogens with two attached hydrogens (primary N) is 3. The maximum atomic E-state index is 12.8. The summed E-state index contributed by atoms with van der Waals surface area (Å²) in [6, 6.07) is 0. The number of aromatic amines is 1. The molecule has 0 unspecified atom stereocenters. The van der Waals surface area contributed by atoms with Gasteiger partial charge in [0.25, 0.3) is 12.0 Å². The average molecular weight is 2110 g/mol. The Balaban J connectivity index is -0.000000357. The van der Waals surface area contributed by atoms with Crippen molar-refractivity contribution in [1.82, 2.24) is 9.97 Å². The predicted octanol–water partition coefficient (Wildman–Crippen LogP) is 7.82. The first-order chi connectivity index (χ1) is 56.6. The topological polar surface area (TPSA) is 507 Å². The van der Waals surface area contributed by atoms with Crippen molar-refractivity contribution < 1.29 is 208 Å². The summed E-state index contributed by atoms with van der Waals surface area (Å²) in [7, 11) is 1.55. The number of esters is 4. The fraction of sp³-hybridized carbons (Fsp3) is 0.848. The molecule has 1 aromatic rings. The van der Waals surface area contributed by atoms with Gasteiger partial charge in [-0.25, -0.2) is 14.6 Å². The first kappa shape index (κ1) is 134. The smallest absolute Gasteiger partial charge is 1.00 e. The van der Waals surface area contributed by atoms with Crippen LogP contribution in [-0.2, 0) is 120 Å². The van der Waals surface area contributed by atoms with Gasteiger partial charge in [0.1, 0.15) is 39.2 Å². The zero-order valence-corrected chi connectivity index (χ0v) is 94.0. The Morgan fingerprint density at radius 2 is 0.838 bits per heavy atom. The van der Waals surface area contributed by atoms with E-state index >= 15 is 0 Å². The van der Waals surface area contributed by atoms with E-state index in [0.29, 0.717) is 61.2 Å². The third-order valence-corrected chi connectivity index (χ3v) is 23.7. The average Bonchev–Trinajstić information content (AvgIpc) is 1.59. The molecule has 33 nitrogen and oxygen atoms in total. The van der Waals surface area contributed by atoms with Crippen molar-refractivity contribution in [2.45, 2.75) is 415 Å². The number of halogens is 2. The SMILES string of the molecule is CC(C)(C)OC(=O)C[C@@H]1C[C@H](CO)[C@H]2OC(C)(C)O[C@@]12C.CCOC=O.CC[C@H]1C[C@@H](/C(=C/O)C(=O)OC(C)(C)C)[C@]2(C)OC(C)(C)O[C@H]12.CC[C@H]1C[C@@H](/C(=C/OC)C(=O)OC(C)(C)C)[C@]2(C)OC(C)(C)O[C@H]12.CC[C@H]1C[C@@H](CC(=O)OC(C)(C)C)[C@]2(C)OC(C)(C)O[C@H]12.CC[C@H]1C[C@@H](c2cnc(N)[nH]c2=O)[C@]2(C)OC(C)(C)O[C@H]12.CC[O-].CI.Cl.N=C(N)N.O.O.[H-].[HH].[Na+].[Na+].[Pd]. The number of ether oxygens (including phenoxy) is 16. The Labute approximate surface area is 856 Å². The number of nitrogen functional groups attached to an aromatic ring is 1. The van der Waals surface area contributed by atoms with E-state index in [9.17, 15) is 39.0 Å². The normalized spacial score (nSPS) is 32.2. The summed E-state index contributed by atoms with van der Waals surface area (Å²) in [6.07, 6.45) is 12.5. The fourth-order valence-electron chi connectivity index (χ4n) is 19.7. The van der Waals surface area contributed by atoms with Gasteiger partial charge in [0, 0.05) is 75.7 Å². The molecule has 1 aromatic heterocycles. The van der Waals surface area contributed by atoms with Gasteiger partial charge in [-0.3, -0.25) is 29.6 Å². The van der Waals surface area contributed by atoms with Gasteiger partial charge in [0.05, 0.1) is 92.0 Å². The number of nitrogens with one attached hydrogen (secondary N) is 2. The van der Waals surface area contributed by atoms with Crippen molar-refractivity contribution in [3.05, 3.63) is 45.8 Å². The largest absolute Gasteiger partial charge is 1.00 e. The Morgan fingerprint density at radius 3 is 1.13 bits per heavy atom. The first-order valence-electron chi connectivity index (χ1n) is 44.1. The van der Waals surface area contributed by atoms with Gasteiger partial charge in [0.2, 0.25) is 0 Å². The van der Waals surface area contributed by atoms with E-state index in [-0.39, 0.29) is 237 Å². The molecule has 0 spiro atoms. The number of hydrogen-bond acceptors (Lipinski definition) is 28. The number of fused-ring (bicyclic) bond motifs is 5. The second-order valence-corrected chi connectivity index (χ2v) is 40.8. The van der Waals surface area contributed by atoms with Crippen LogP contribution in [0.25, 0.3) is 0 Å². The number of aromatic nitrogens is 2. The number of guanidine groups is 1. The minimum atomic E-state index is -0.694. The van der Waals surface area contributed by atoms with Crippen LogP contribution in [0.15, 0.2) is 34.7 Å². The van der Waals surface area contributed by atoms with Crippen molar-refractivity contribution >= 4 is 77.3 Å². The Bertz CT molecular complexity index is 3720. The maximum Gasteiger partial charge on any atom is 1.00 e. The summed E-state index contributed by atoms with van der Waals surface area (Å²) in [5, 5.41) is 34.3. The molecule has 38 heteroatoms. The third kappa shape index (κ3) is 36.6. The van der Waals surface area contributed by atoms with E-state index in [0.717, 1.165) is 57.6 Å². The predicted molar refractivity (Wildman–Crippen MR) is 497 cm³/mol. The number of rotatable bonds is 17. The van der Waals surface area contributed by atoms with Gasteiger partial charge >= 0.3 is 83.0 Å². The van der Waals surface area contributed by atoms with E-state index in [1.165, 1.54) is 6.26 Å². The van der Waals surface area contributed by atoms with E-state index in [4.69, 9.17) is 87.3 Å². The van der Waals surface area contributed by atoms with Gasteiger partial charge in [0.15, 0.2) is 40.8 Å². The molecule has 11 rings (SSSR count). The van der Waals surface area contributed by atoms with Gasteiger partial charge in [-0.1, -0.05) is 82.9 Å². The summed E-state index contributed by atoms with van der Waals surface area (Å²) in [5.41, 5.74) is 11.0. The molecule has 0 radical (unpaired) electrons. The van der Waals surface area contributed by atoms with Crippen molar-refractivity contribution in [2.75, 3.05) is 37.6 Å². The van der Waals surface area contributed by atoms with Gasteiger partial charge in [-0.15, -0.1) is 19.0 Å². The number of alkyl halides is 1. The molecule has 6 heterocycles. The standard InChI is InChI=1S/C19H32O5.C18H30O5.C17H30O4.C16H28O5.C15H23N3O3.C3H6O2.C2H5O.CH3I.CH5N3.ClH.2Na.2H2O.Pd.H2.H/c1-9-12-10-14(19(7)15(12)22-18(5,6)24-19)13(11-21-8)16(20)23-17(2,3)4;1-8-11-9-13(12(10-19)15(20)22-16(2,3)4)18(7)14(11)21-17(5,6)23-18;1-8-11-9-12(10-13(18)19-15(2,3)4)17(7)14(11)20-16(5,6)21-17;1-14(2,3)19-12(18)8-11-7-10(9-17)13-16(11,6)21-15(4,5)20-13;1-5-8-6-10(9-7-17-13(16)18-12(9)19)15(4)11(8)20-14(2,3)21-15;1-2-5-3-4;1-2-3;1-2;2-1(3)4;;;;;;;;/h11-12,14-15H,9-10H2,1-8H3;10-11,13-14,19H,8-9H2,1-7H3;11-12,14H,8-10H2,1-7H3;10-11,13,17H,7-9H2,1-6H3;7-8,10-11H,5-6H2,1-4H3,(H3,16,17,18,19);3H,2H2,1H3;2H2,1H3;1H3;(H5,2,3,4);1H;;;2*1H2;;1H;/q;;;;;;-1;;;;2*+1;;;;;-1/b13-11-;12-10-;;;;;;;;;;;;;;;/t12-,14-,15+,19-;11-,13-,14+,18-;11-,12-,14+,17-;10-,11+,13-,16+;8-,10-,11+,15-;;;;;;;;;;;;/m00010............/s1. The van der Waals surface area contributed by atoms with Crippen LogP contribution in [0.2, 0.25) is 0 Å². The molecule has 10 aliphatic rings. The van der Waals surface area contributed by atoms with Gasteiger partial charge in [-0.2, -0.15) is 0 Å². The van der Waals surface area contributed by atoms with E-state index < -0.39 is 79.7 Å². The third-order valence-electron chi connectivity index (χ3n) is 23.7. The zero-order chi connectivity index (χ0) is 95.9. The Morgan fingerprint density at radius 1 is 0.554 bits per heavy atom. The molecule has 0 amide bonds. The number of H-pyrrole nitrogens is 1. The minimum absolute atomic E-state index is 0. The van der Waals surface area contributed by atoms with Crippen molar-refractivity contribution in [3.63, 3.8) is 0 Å². The number of methoxy groups -OCH3 is 1. The van der Waals surface area contributed by atoms with Gasteiger partial charge in [-0.05, 0) is 255 Å². The van der Waals surface area contributed by atoms with Crippen molar-refractivity contribution in [2.24, 2.45) is 64.7 Å². The zero-order valence-electron chi connectivity index (χ0n) is 86.4. The van der Waals surface area contributed by atoms with E-state index in [1.807, 2.05) is 185 Å². The number of carbonyl (C=O) groups is 5. The Kier molecular flexibility index (Phi) is 55.3. The van der Waals surface area contributed by atoms with E-state index in [2.05, 4.69) is 83.4 Å². The van der Waals surface area contributed by atoms with E-state index in [1.54, 1.807) is 27.2 Å². The molecule has 5 saturated carbocycles.